The Hall–Kier alpha value is -2.52. The summed E-state index contributed by atoms with van der Waals surface area (Å²) in [7, 11) is 0. The zero-order valence-corrected chi connectivity index (χ0v) is 24.0. The molecule has 5 aliphatic rings. The van der Waals surface area contributed by atoms with Gasteiger partial charge in [0.2, 0.25) is 0 Å². The van der Waals surface area contributed by atoms with E-state index >= 15 is 0 Å². The van der Waals surface area contributed by atoms with Gasteiger partial charge in [-0.1, -0.05) is 12.1 Å². The number of aromatic amines is 1. The van der Waals surface area contributed by atoms with E-state index in [9.17, 15) is 5.11 Å². The van der Waals surface area contributed by atoms with Crippen molar-refractivity contribution < 1.29 is 5.11 Å². The van der Waals surface area contributed by atoms with Crippen LogP contribution in [0.25, 0.3) is 11.8 Å². The summed E-state index contributed by atoms with van der Waals surface area (Å²) < 4.78 is 0. The van der Waals surface area contributed by atoms with E-state index in [0.29, 0.717) is 28.5 Å². The fourth-order valence-electron chi connectivity index (χ4n) is 8.65. The number of benzene rings is 1. The van der Waals surface area contributed by atoms with Crippen LogP contribution in [0.1, 0.15) is 73.9 Å². The van der Waals surface area contributed by atoms with Crippen LogP contribution in [0, 0.1) is 5.41 Å². The first-order valence-corrected chi connectivity index (χ1v) is 15.6. The molecule has 4 fully saturated rings. The molecule has 7 rings (SSSR count). The lowest BCUT2D eigenvalue weighted by Crippen LogP contribution is -2.66. The molecule has 5 heterocycles. The van der Waals surface area contributed by atoms with Crippen molar-refractivity contribution >= 4 is 17.6 Å². The number of piperidine rings is 2. The number of fused-ring (bicyclic) bond motifs is 1. The number of nitrogens with one attached hydrogen (secondary N) is 2. The summed E-state index contributed by atoms with van der Waals surface area (Å²) in [5.41, 5.74) is 18.3. The van der Waals surface area contributed by atoms with E-state index in [0.717, 1.165) is 30.6 Å². The minimum atomic E-state index is 0.189. The number of phenolic OH excluding ortho intramolecular Hbond substituents is 1. The van der Waals surface area contributed by atoms with Gasteiger partial charge in [-0.2, -0.15) is 0 Å². The molecule has 216 valence electrons. The number of rotatable bonds is 5. The first-order chi connectivity index (χ1) is 19.4. The highest BCUT2D eigenvalue weighted by molar-refractivity contribution is 5.86. The molecular formula is C32H47N7O. The Kier molecular flexibility index (Phi) is 6.85. The molecule has 1 aliphatic carbocycles. The summed E-state index contributed by atoms with van der Waals surface area (Å²) in [6, 6.07) is 9.71. The molecule has 1 aromatic heterocycles. The van der Waals surface area contributed by atoms with Gasteiger partial charge < -0.3 is 36.7 Å². The normalized spacial score (nSPS) is 27.4. The van der Waals surface area contributed by atoms with Gasteiger partial charge in [0, 0.05) is 72.7 Å². The topological polar surface area (TPSA) is 110 Å². The second-order valence-electron chi connectivity index (χ2n) is 13.3. The van der Waals surface area contributed by atoms with Crippen LogP contribution in [0.4, 0.5) is 5.82 Å². The molecule has 0 amide bonds. The van der Waals surface area contributed by atoms with Crippen LogP contribution in [-0.2, 0) is 6.42 Å². The molecule has 1 aromatic carbocycles. The van der Waals surface area contributed by atoms with Gasteiger partial charge in [0.25, 0.3) is 0 Å². The molecule has 1 atom stereocenters. The van der Waals surface area contributed by atoms with Crippen molar-refractivity contribution in [1.29, 1.82) is 0 Å². The van der Waals surface area contributed by atoms with Gasteiger partial charge in [-0.25, -0.2) is 0 Å². The SMILES string of the molecule is CC1c2c([nH]c(N)c2/C=C(\N)c2ccccc2O)CCN1C1CCN(C2CCN(C3CC4(CNC4)C3)CC2)CC1. The summed E-state index contributed by atoms with van der Waals surface area (Å²) in [6.07, 6.45) is 10.9. The van der Waals surface area contributed by atoms with Gasteiger partial charge in [0.05, 0.1) is 0 Å². The highest BCUT2D eigenvalue weighted by atomic mass is 16.3. The lowest BCUT2D eigenvalue weighted by Gasteiger charge is -2.58. The maximum atomic E-state index is 10.3. The first kappa shape index (κ1) is 26.4. The standard InChI is InChI=1S/C32H47N7O/c1-21-30-26(16-27(33)25-4-2-3-5-29(25)40)31(34)36-28(30)10-15-39(21)23-8-13-37(14-9-23)22-6-11-38(12-7-22)24-17-32(18-24)19-35-20-32/h2-5,16,21-24,35-36,40H,6-15,17-20,33-34H2,1H3/b27-16-. The van der Waals surface area contributed by atoms with Crippen molar-refractivity contribution in [1.82, 2.24) is 25.0 Å². The Balaban J connectivity index is 0.965. The number of hydrogen-bond donors (Lipinski definition) is 5. The van der Waals surface area contributed by atoms with Crippen molar-refractivity contribution in [2.45, 2.75) is 76.0 Å². The number of likely N-dealkylation sites (tertiary alicyclic amines) is 2. The minimum Gasteiger partial charge on any atom is -0.507 e. The Morgan fingerprint density at radius 2 is 1.60 bits per heavy atom. The maximum absolute atomic E-state index is 10.3. The number of H-pyrrole nitrogens is 1. The van der Waals surface area contributed by atoms with Crippen LogP contribution in [0.3, 0.4) is 0 Å². The van der Waals surface area contributed by atoms with E-state index < -0.39 is 0 Å². The molecule has 4 aliphatic heterocycles. The summed E-state index contributed by atoms with van der Waals surface area (Å²) in [6.45, 7) is 10.9. The summed E-state index contributed by atoms with van der Waals surface area (Å²) in [5.74, 6) is 0.855. The van der Waals surface area contributed by atoms with E-state index in [2.05, 4.69) is 31.9 Å². The van der Waals surface area contributed by atoms with E-state index in [1.165, 1.54) is 89.1 Å². The number of hydrogen-bond acceptors (Lipinski definition) is 7. The summed E-state index contributed by atoms with van der Waals surface area (Å²) in [4.78, 5) is 11.8. The number of phenols is 1. The van der Waals surface area contributed by atoms with Crippen LogP contribution < -0.4 is 16.8 Å². The second-order valence-corrected chi connectivity index (χ2v) is 13.3. The molecule has 8 heteroatoms. The van der Waals surface area contributed by atoms with Crippen molar-refractivity contribution in [2.75, 3.05) is 51.5 Å². The molecule has 3 saturated heterocycles. The number of anilines is 1. The zero-order chi connectivity index (χ0) is 27.4. The van der Waals surface area contributed by atoms with Gasteiger partial charge in [-0.15, -0.1) is 0 Å². The highest BCUT2D eigenvalue weighted by Gasteiger charge is 2.50. The summed E-state index contributed by atoms with van der Waals surface area (Å²) >= 11 is 0. The van der Waals surface area contributed by atoms with E-state index in [1.54, 1.807) is 6.07 Å². The molecule has 0 bridgehead atoms. The molecule has 7 N–H and O–H groups in total. The van der Waals surface area contributed by atoms with Crippen molar-refractivity contribution in [3.63, 3.8) is 0 Å². The van der Waals surface area contributed by atoms with Crippen LogP contribution in [-0.4, -0.2) is 88.7 Å². The number of nitrogens with zero attached hydrogens (tertiary/aromatic N) is 3. The molecule has 0 radical (unpaired) electrons. The van der Waals surface area contributed by atoms with Gasteiger partial charge in [0.15, 0.2) is 0 Å². The number of nitrogens with two attached hydrogens (primary N) is 2. The van der Waals surface area contributed by atoms with Crippen LogP contribution in [0.5, 0.6) is 5.75 Å². The maximum Gasteiger partial charge on any atom is 0.124 e. The average molecular weight is 546 g/mol. The molecule has 40 heavy (non-hydrogen) atoms. The lowest BCUT2D eigenvalue weighted by molar-refractivity contribution is -0.0521. The molecule has 2 aromatic rings. The van der Waals surface area contributed by atoms with Crippen molar-refractivity contribution in [2.24, 2.45) is 11.1 Å². The minimum absolute atomic E-state index is 0.189. The predicted octanol–water partition coefficient (Wildman–Crippen LogP) is 3.36. The Morgan fingerprint density at radius 3 is 2.25 bits per heavy atom. The summed E-state index contributed by atoms with van der Waals surface area (Å²) in [5, 5.41) is 13.8. The molecular weight excluding hydrogens is 498 g/mol. The molecule has 1 saturated carbocycles. The lowest BCUT2D eigenvalue weighted by atomic mass is 9.61. The largest absolute Gasteiger partial charge is 0.507 e. The van der Waals surface area contributed by atoms with Crippen molar-refractivity contribution in [3.8, 4) is 5.75 Å². The van der Waals surface area contributed by atoms with Crippen molar-refractivity contribution in [3.05, 3.63) is 46.6 Å². The third-order valence-corrected chi connectivity index (χ3v) is 11.1. The Bertz CT molecular complexity index is 1240. The van der Waals surface area contributed by atoms with E-state index in [4.69, 9.17) is 11.5 Å². The van der Waals surface area contributed by atoms with Crippen LogP contribution in [0.15, 0.2) is 24.3 Å². The van der Waals surface area contributed by atoms with Crippen LogP contribution in [0.2, 0.25) is 0 Å². The zero-order valence-electron chi connectivity index (χ0n) is 24.0. The van der Waals surface area contributed by atoms with Crippen LogP contribution >= 0.6 is 0 Å². The van der Waals surface area contributed by atoms with Gasteiger partial charge in [-0.3, -0.25) is 4.90 Å². The fraction of sp³-hybridized carbons (Fsp3) is 0.625. The monoisotopic (exact) mass is 545 g/mol. The predicted molar refractivity (Wildman–Crippen MR) is 162 cm³/mol. The third-order valence-electron chi connectivity index (χ3n) is 11.1. The number of aromatic hydroxyl groups is 1. The smallest absolute Gasteiger partial charge is 0.124 e. The Morgan fingerprint density at radius 1 is 0.950 bits per heavy atom. The molecule has 1 spiro atoms. The number of nitrogen functional groups attached to an aromatic ring is 1. The van der Waals surface area contributed by atoms with Gasteiger partial charge >= 0.3 is 0 Å². The number of para-hydroxylation sites is 1. The van der Waals surface area contributed by atoms with E-state index in [-0.39, 0.29) is 11.8 Å². The van der Waals surface area contributed by atoms with Gasteiger partial charge in [-0.05, 0) is 101 Å². The second kappa shape index (κ2) is 10.4. The Labute approximate surface area is 238 Å². The van der Waals surface area contributed by atoms with Gasteiger partial charge in [0.1, 0.15) is 11.6 Å². The first-order valence-electron chi connectivity index (χ1n) is 15.6. The molecule has 8 nitrogen and oxygen atoms in total. The number of aromatic nitrogens is 1. The third kappa shape index (κ3) is 4.63. The van der Waals surface area contributed by atoms with E-state index in [1.807, 2.05) is 24.3 Å². The quantitative estimate of drug-likeness (QED) is 0.392. The molecule has 1 unspecified atom stereocenters. The fourth-order valence-corrected chi connectivity index (χ4v) is 8.65. The highest BCUT2D eigenvalue weighted by Crippen LogP contribution is 2.47. The average Bonchev–Trinajstić information content (AvgIpc) is 3.23.